The van der Waals surface area contributed by atoms with E-state index in [1.54, 1.807) is 18.2 Å². The molecule has 0 aliphatic carbocycles. The molecule has 0 radical (unpaired) electrons. The third-order valence-electron chi connectivity index (χ3n) is 3.08. The molecule has 0 aromatic heterocycles. The number of hydrogen-bond acceptors (Lipinski definition) is 2. The molecule has 0 amide bonds. The van der Waals surface area contributed by atoms with Crippen molar-refractivity contribution < 1.29 is 9.13 Å². The van der Waals surface area contributed by atoms with Gasteiger partial charge < -0.3 is 4.74 Å². The SMILES string of the molecule is Fc1ccccc1OCC1CSc2ccccc21. The van der Waals surface area contributed by atoms with Gasteiger partial charge in [-0.3, -0.25) is 0 Å². The minimum absolute atomic E-state index is 0.295. The molecule has 0 bridgehead atoms. The van der Waals surface area contributed by atoms with Crippen LogP contribution in [-0.4, -0.2) is 12.4 Å². The molecule has 1 aliphatic rings. The molecular formula is C15H13FOS. The number of thioether (sulfide) groups is 1. The van der Waals surface area contributed by atoms with Crippen LogP contribution in [0.3, 0.4) is 0 Å². The standard InChI is InChI=1S/C15H13FOS/c16-13-6-2-3-7-14(13)17-9-11-10-18-15-8-4-1-5-12(11)15/h1-8,11H,9-10H2. The Bertz CT molecular complexity index is 556. The van der Waals surface area contributed by atoms with Crippen LogP contribution in [0.4, 0.5) is 4.39 Å². The van der Waals surface area contributed by atoms with Gasteiger partial charge in [0, 0.05) is 16.6 Å². The van der Waals surface area contributed by atoms with Gasteiger partial charge in [-0.15, -0.1) is 11.8 Å². The van der Waals surface area contributed by atoms with Gasteiger partial charge in [-0.2, -0.15) is 0 Å². The summed E-state index contributed by atoms with van der Waals surface area (Å²) in [6.07, 6.45) is 0. The normalized spacial score (nSPS) is 17.5. The first-order valence-electron chi connectivity index (χ1n) is 5.93. The van der Waals surface area contributed by atoms with E-state index in [1.165, 1.54) is 16.5 Å². The molecule has 0 fully saturated rings. The van der Waals surface area contributed by atoms with E-state index in [0.717, 1.165) is 5.75 Å². The maximum Gasteiger partial charge on any atom is 0.165 e. The number of halogens is 1. The van der Waals surface area contributed by atoms with Crippen molar-refractivity contribution in [3.8, 4) is 5.75 Å². The van der Waals surface area contributed by atoms with Crippen molar-refractivity contribution in [3.63, 3.8) is 0 Å². The van der Waals surface area contributed by atoms with Crippen molar-refractivity contribution in [1.82, 2.24) is 0 Å². The van der Waals surface area contributed by atoms with Crippen molar-refractivity contribution in [1.29, 1.82) is 0 Å². The predicted octanol–water partition coefficient (Wildman–Crippen LogP) is 4.09. The maximum atomic E-state index is 13.4. The molecule has 1 atom stereocenters. The number of para-hydroxylation sites is 1. The van der Waals surface area contributed by atoms with Crippen LogP contribution in [0.1, 0.15) is 11.5 Å². The Morgan fingerprint density at radius 2 is 1.89 bits per heavy atom. The van der Waals surface area contributed by atoms with Gasteiger partial charge in [-0.25, -0.2) is 4.39 Å². The second kappa shape index (κ2) is 5.02. The predicted molar refractivity (Wildman–Crippen MR) is 71.8 cm³/mol. The first kappa shape index (κ1) is 11.6. The molecule has 0 saturated carbocycles. The Labute approximate surface area is 110 Å². The monoisotopic (exact) mass is 260 g/mol. The van der Waals surface area contributed by atoms with Gasteiger partial charge in [0.2, 0.25) is 0 Å². The highest BCUT2D eigenvalue weighted by molar-refractivity contribution is 7.99. The van der Waals surface area contributed by atoms with E-state index in [4.69, 9.17) is 4.74 Å². The van der Waals surface area contributed by atoms with Crippen molar-refractivity contribution in [3.05, 3.63) is 59.9 Å². The zero-order chi connectivity index (χ0) is 12.4. The smallest absolute Gasteiger partial charge is 0.165 e. The summed E-state index contributed by atoms with van der Waals surface area (Å²) >= 11 is 1.84. The summed E-state index contributed by atoms with van der Waals surface area (Å²) in [4.78, 5) is 1.32. The summed E-state index contributed by atoms with van der Waals surface area (Å²) in [6, 6.07) is 14.9. The van der Waals surface area contributed by atoms with Crippen LogP contribution in [0, 0.1) is 5.82 Å². The maximum absolute atomic E-state index is 13.4. The summed E-state index contributed by atoms with van der Waals surface area (Å²) in [5.41, 5.74) is 1.32. The van der Waals surface area contributed by atoms with Crippen molar-refractivity contribution >= 4 is 11.8 Å². The molecule has 1 unspecified atom stereocenters. The van der Waals surface area contributed by atoms with Crippen LogP contribution in [0.5, 0.6) is 5.75 Å². The molecule has 2 aromatic carbocycles. The highest BCUT2D eigenvalue weighted by Crippen LogP contribution is 2.39. The minimum atomic E-state index is -0.295. The number of fused-ring (bicyclic) bond motifs is 1. The van der Waals surface area contributed by atoms with Gasteiger partial charge in [-0.05, 0) is 23.8 Å². The molecule has 92 valence electrons. The van der Waals surface area contributed by atoms with Crippen molar-refractivity contribution in [2.24, 2.45) is 0 Å². The Morgan fingerprint density at radius 3 is 2.78 bits per heavy atom. The molecule has 0 saturated heterocycles. The highest BCUT2D eigenvalue weighted by Gasteiger charge is 2.23. The Kier molecular flexibility index (Phi) is 3.24. The summed E-state index contributed by atoms with van der Waals surface area (Å²) in [5, 5.41) is 0. The van der Waals surface area contributed by atoms with Gasteiger partial charge in [0.1, 0.15) is 0 Å². The second-order valence-electron chi connectivity index (χ2n) is 4.29. The van der Waals surface area contributed by atoms with E-state index in [9.17, 15) is 4.39 Å². The van der Waals surface area contributed by atoms with Gasteiger partial charge in [0.15, 0.2) is 11.6 Å². The topological polar surface area (TPSA) is 9.23 Å². The van der Waals surface area contributed by atoms with Crippen molar-refractivity contribution in [2.75, 3.05) is 12.4 Å². The number of rotatable bonds is 3. The summed E-state index contributed by atoms with van der Waals surface area (Å²) in [5.74, 6) is 1.41. The molecule has 18 heavy (non-hydrogen) atoms. The van der Waals surface area contributed by atoms with Crippen LogP contribution < -0.4 is 4.74 Å². The summed E-state index contributed by atoms with van der Waals surface area (Å²) in [6.45, 7) is 0.533. The zero-order valence-electron chi connectivity index (χ0n) is 9.80. The fourth-order valence-electron chi connectivity index (χ4n) is 2.12. The quantitative estimate of drug-likeness (QED) is 0.822. The van der Waals surface area contributed by atoms with Crippen molar-refractivity contribution in [2.45, 2.75) is 10.8 Å². The molecular weight excluding hydrogens is 247 g/mol. The largest absolute Gasteiger partial charge is 0.490 e. The van der Waals surface area contributed by atoms with Gasteiger partial charge >= 0.3 is 0 Å². The molecule has 1 aliphatic heterocycles. The Morgan fingerprint density at radius 1 is 1.11 bits per heavy atom. The summed E-state index contributed by atoms with van der Waals surface area (Å²) in [7, 11) is 0. The fourth-order valence-corrected chi connectivity index (χ4v) is 3.35. The molecule has 0 N–H and O–H groups in total. The number of hydrogen-bond donors (Lipinski definition) is 0. The lowest BCUT2D eigenvalue weighted by molar-refractivity contribution is 0.284. The minimum Gasteiger partial charge on any atom is -0.490 e. The lowest BCUT2D eigenvalue weighted by atomic mass is 10.0. The second-order valence-corrected chi connectivity index (χ2v) is 5.35. The van der Waals surface area contributed by atoms with E-state index in [2.05, 4.69) is 12.1 Å². The molecule has 1 nitrogen and oxygen atoms in total. The van der Waals surface area contributed by atoms with Crippen LogP contribution in [0.15, 0.2) is 53.4 Å². The van der Waals surface area contributed by atoms with E-state index < -0.39 is 0 Å². The summed E-state index contributed by atoms with van der Waals surface area (Å²) < 4.78 is 19.0. The van der Waals surface area contributed by atoms with Crippen LogP contribution >= 0.6 is 11.8 Å². The van der Waals surface area contributed by atoms with E-state index >= 15 is 0 Å². The van der Waals surface area contributed by atoms with Crippen LogP contribution in [-0.2, 0) is 0 Å². The Balaban J connectivity index is 1.71. The van der Waals surface area contributed by atoms with Crippen LogP contribution in [0.25, 0.3) is 0 Å². The van der Waals surface area contributed by atoms with E-state index in [1.807, 2.05) is 23.9 Å². The first-order valence-corrected chi connectivity index (χ1v) is 6.92. The molecule has 2 aromatic rings. The van der Waals surface area contributed by atoms with E-state index in [-0.39, 0.29) is 5.82 Å². The average Bonchev–Trinajstić information content (AvgIpc) is 2.81. The van der Waals surface area contributed by atoms with Gasteiger partial charge in [0.25, 0.3) is 0 Å². The average molecular weight is 260 g/mol. The third-order valence-corrected chi connectivity index (χ3v) is 4.33. The fraction of sp³-hybridized carbons (Fsp3) is 0.200. The third kappa shape index (κ3) is 2.23. The van der Waals surface area contributed by atoms with Gasteiger partial charge in [-0.1, -0.05) is 30.3 Å². The highest BCUT2D eigenvalue weighted by atomic mass is 32.2. The molecule has 3 rings (SSSR count). The van der Waals surface area contributed by atoms with Gasteiger partial charge in [0.05, 0.1) is 6.61 Å². The lowest BCUT2D eigenvalue weighted by Crippen LogP contribution is -2.10. The first-order chi connectivity index (χ1) is 8.84. The number of benzene rings is 2. The lowest BCUT2D eigenvalue weighted by Gasteiger charge is -2.12. The molecule has 1 heterocycles. The van der Waals surface area contributed by atoms with E-state index in [0.29, 0.717) is 18.3 Å². The Hall–Kier alpha value is -1.48. The zero-order valence-corrected chi connectivity index (χ0v) is 10.6. The van der Waals surface area contributed by atoms with Crippen LogP contribution in [0.2, 0.25) is 0 Å². The molecule has 0 spiro atoms. The number of ether oxygens (including phenoxy) is 1. The molecule has 3 heteroatoms.